The number of halogens is 1. The van der Waals surface area contributed by atoms with Gasteiger partial charge in [0, 0.05) is 44.3 Å². The zero-order valence-corrected chi connectivity index (χ0v) is 16.9. The second kappa shape index (κ2) is 8.90. The van der Waals surface area contributed by atoms with Crippen molar-refractivity contribution in [3.8, 4) is 0 Å². The van der Waals surface area contributed by atoms with Crippen molar-refractivity contribution in [2.75, 3.05) is 37.6 Å². The molecule has 0 aromatic carbocycles. The Bertz CT molecular complexity index is 447. The van der Waals surface area contributed by atoms with E-state index in [1.54, 1.807) is 11.3 Å². The molecule has 1 fully saturated rings. The van der Waals surface area contributed by atoms with E-state index in [0.29, 0.717) is 11.4 Å². The number of nitrogens with two attached hydrogens (primary N) is 1. The van der Waals surface area contributed by atoms with E-state index in [0.717, 1.165) is 44.3 Å². The van der Waals surface area contributed by atoms with Crippen molar-refractivity contribution in [3.63, 3.8) is 0 Å². The Morgan fingerprint density at radius 2 is 2.00 bits per heavy atom. The zero-order valence-electron chi connectivity index (χ0n) is 13.8. The predicted molar refractivity (Wildman–Crippen MR) is 106 cm³/mol. The molecule has 0 bridgehead atoms. The summed E-state index contributed by atoms with van der Waals surface area (Å²) >= 11 is 1.69. The third-order valence-electron chi connectivity index (χ3n) is 3.65. The molecule has 1 saturated heterocycles. The molecule has 2 heterocycles. The number of aliphatic imine (C=N–C) groups is 1. The maximum atomic E-state index is 6.11. The fraction of sp³-hybridized carbons (Fsp3) is 0.733. The smallest absolute Gasteiger partial charge is 0.191 e. The van der Waals surface area contributed by atoms with Gasteiger partial charge in [-0.2, -0.15) is 0 Å². The first-order valence-corrected chi connectivity index (χ1v) is 8.53. The van der Waals surface area contributed by atoms with Crippen molar-refractivity contribution >= 4 is 46.4 Å². The van der Waals surface area contributed by atoms with Crippen molar-refractivity contribution in [1.29, 1.82) is 0 Å². The van der Waals surface area contributed by atoms with Gasteiger partial charge in [0.15, 0.2) is 11.1 Å². The van der Waals surface area contributed by atoms with Gasteiger partial charge in [0.05, 0.1) is 0 Å². The van der Waals surface area contributed by atoms with Gasteiger partial charge in [0.1, 0.15) is 0 Å². The van der Waals surface area contributed by atoms with Gasteiger partial charge in [0.25, 0.3) is 0 Å². The van der Waals surface area contributed by atoms with Crippen LogP contribution in [-0.4, -0.2) is 48.6 Å². The Labute approximate surface area is 155 Å². The average molecular weight is 437 g/mol. The molecule has 1 aliphatic rings. The molecule has 126 valence electrons. The second-order valence-electron chi connectivity index (χ2n) is 6.69. The summed E-state index contributed by atoms with van der Waals surface area (Å²) in [6.45, 7) is 11.4. The molecule has 0 spiro atoms. The van der Waals surface area contributed by atoms with Crippen LogP contribution in [0.2, 0.25) is 0 Å². The van der Waals surface area contributed by atoms with Crippen LogP contribution in [0.3, 0.4) is 0 Å². The molecule has 0 radical (unpaired) electrons. The molecule has 7 heteroatoms. The lowest BCUT2D eigenvalue weighted by Gasteiger charge is -2.35. The summed E-state index contributed by atoms with van der Waals surface area (Å²) < 4.78 is 0. The summed E-state index contributed by atoms with van der Waals surface area (Å²) in [4.78, 5) is 13.4. The third-order valence-corrected chi connectivity index (χ3v) is 4.48. The minimum absolute atomic E-state index is 0. The highest BCUT2D eigenvalue weighted by Crippen LogP contribution is 2.20. The van der Waals surface area contributed by atoms with Gasteiger partial charge in [-0.15, -0.1) is 35.3 Å². The average Bonchev–Trinajstić information content (AvgIpc) is 2.96. The van der Waals surface area contributed by atoms with Crippen LogP contribution in [0.1, 0.15) is 33.6 Å². The number of guanidine groups is 1. The monoisotopic (exact) mass is 437 g/mol. The number of rotatable bonds is 4. The normalized spacial score (nSPS) is 16.6. The van der Waals surface area contributed by atoms with Crippen LogP contribution in [0.15, 0.2) is 16.6 Å². The molecular weight excluding hydrogens is 409 g/mol. The molecule has 22 heavy (non-hydrogen) atoms. The standard InChI is InChI=1S/C15H27N5S.HI/c1-15(2,3)5-4-6-17-13(16)19-8-10-20(11-9-19)14-18-7-12-21-14;/h7,12H,4-6,8-11H2,1-3H3,(H2,16,17);1H. The summed E-state index contributed by atoms with van der Waals surface area (Å²) in [7, 11) is 0. The first-order valence-electron chi connectivity index (χ1n) is 7.65. The van der Waals surface area contributed by atoms with Crippen molar-refractivity contribution < 1.29 is 0 Å². The van der Waals surface area contributed by atoms with Gasteiger partial charge < -0.3 is 15.5 Å². The van der Waals surface area contributed by atoms with Gasteiger partial charge >= 0.3 is 0 Å². The summed E-state index contributed by atoms with van der Waals surface area (Å²) in [5, 5.41) is 3.13. The van der Waals surface area contributed by atoms with E-state index in [2.05, 4.69) is 40.5 Å². The van der Waals surface area contributed by atoms with Crippen molar-refractivity contribution in [2.24, 2.45) is 16.1 Å². The lowest BCUT2D eigenvalue weighted by atomic mass is 9.91. The number of hydrogen-bond acceptors (Lipinski definition) is 4. The van der Waals surface area contributed by atoms with Crippen LogP contribution < -0.4 is 10.6 Å². The third kappa shape index (κ3) is 6.28. The molecule has 5 nitrogen and oxygen atoms in total. The van der Waals surface area contributed by atoms with Gasteiger partial charge in [-0.3, -0.25) is 4.99 Å². The number of aromatic nitrogens is 1. The number of anilines is 1. The van der Waals surface area contributed by atoms with Crippen LogP contribution in [-0.2, 0) is 0 Å². The Hall–Kier alpha value is -0.570. The summed E-state index contributed by atoms with van der Waals surface area (Å²) in [6, 6.07) is 0. The van der Waals surface area contributed by atoms with Crippen molar-refractivity contribution in [1.82, 2.24) is 9.88 Å². The van der Waals surface area contributed by atoms with Gasteiger partial charge in [-0.05, 0) is 18.3 Å². The summed E-state index contributed by atoms with van der Waals surface area (Å²) in [6.07, 6.45) is 4.14. The van der Waals surface area contributed by atoms with Crippen LogP contribution in [0.4, 0.5) is 5.13 Å². The molecule has 0 atom stereocenters. The number of nitrogens with zero attached hydrogens (tertiary/aromatic N) is 4. The molecule has 1 aliphatic heterocycles. The molecule has 0 unspecified atom stereocenters. The molecule has 2 N–H and O–H groups in total. The first-order chi connectivity index (χ1) is 9.96. The van der Waals surface area contributed by atoms with Crippen molar-refractivity contribution in [3.05, 3.63) is 11.6 Å². The minimum atomic E-state index is 0. The largest absolute Gasteiger partial charge is 0.370 e. The fourth-order valence-electron chi connectivity index (χ4n) is 2.40. The molecule has 1 aromatic rings. The molecule has 2 rings (SSSR count). The van der Waals surface area contributed by atoms with Gasteiger partial charge in [-0.1, -0.05) is 20.8 Å². The summed E-state index contributed by atoms with van der Waals surface area (Å²) in [5.74, 6) is 0.697. The highest BCUT2D eigenvalue weighted by Gasteiger charge is 2.19. The molecular formula is C15H28IN5S. The van der Waals surface area contributed by atoms with E-state index in [-0.39, 0.29) is 24.0 Å². The number of piperazine rings is 1. The Kier molecular flexibility index (Phi) is 7.88. The topological polar surface area (TPSA) is 57.8 Å². The SMILES string of the molecule is CC(C)(C)CCCN=C(N)N1CCN(c2nccs2)CC1.I. The van der Waals surface area contributed by atoms with Crippen LogP contribution >= 0.6 is 35.3 Å². The lowest BCUT2D eigenvalue weighted by molar-refractivity contribution is 0.364. The highest BCUT2D eigenvalue weighted by molar-refractivity contribution is 14.0. The van der Waals surface area contributed by atoms with E-state index < -0.39 is 0 Å². The van der Waals surface area contributed by atoms with Gasteiger partial charge in [0.2, 0.25) is 0 Å². The Morgan fingerprint density at radius 3 is 2.55 bits per heavy atom. The zero-order chi connectivity index (χ0) is 15.3. The van der Waals surface area contributed by atoms with Crippen LogP contribution in [0.5, 0.6) is 0 Å². The van der Waals surface area contributed by atoms with Crippen LogP contribution in [0.25, 0.3) is 0 Å². The van der Waals surface area contributed by atoms with Crippen LogP contribution in [0, 0.1) is 5.41 Å². The van der Waals surface area contributed by atoms with Gasteiger partial charge in [-0.25, -0.2) is 4.98 Å². The minimum Gasteiger partial charge on any atom is -0.370 e. The number of thiazole rings is 1. The summed E-state index contributed by atoms with van der Waals surface area (Å²) in [5.41, 5.74) is 6.49. The predicted octanol–water partition coefficient (Wildman–Crippen LogP) is 3.02. The second-order valence-corrected chi connectivity index (χ2v) is 7.57. The molecule has 1 aromatic heterocycles. The van der Waals surface area contributed by atoms with E-state index >= 15 is 0 Å². The molecule has 0 saturated carbocycles. The maximum absolute atomic E-state index is 6.11. The first kappa shape index (κ1) is 19.5. The van der Waals surface area contributed by atoms with Crippen molar-refractivity contribution in [2.45, 2.75) is 33.6 Å². The molecule has 0 aliphatic carbocycles. The van der Waals surface area contributed by atoms with E-state index in [1.807, 2.05) is 11.6 Å². The Balaban J connectivity index is 0.00000242. The number of hydrogen-bond donors (Lipinski definition) is 1. The fourth-order valence-corrected chi connectivity index (χ4v) is 3.10. The Morgan fingerprint density at radius 1 is 1.32 bits per heavy atom. The van der Waals surface area contributed by atoms with E-state index in [1.165, 1.54) is 6.42 Å². The maximum Gasteiger partial charge on any atom is 0.191 e. The molecule has 0 amide bonds. The lowest BCUT2D eigenvalue weighted by Crippen LogP contribution is -2.51. The van der Waals surface area contributed by atoms with E-state index in [9.17, 15) is 0 Å². The highest BCUT2D eigenvalue weighted by atomic mass is 127. The quantitative estimate of drug-likeness (QED) is 0.341. The van der Waals surface area contributed by atoms with E-state index in [4.69, 9.17) is 5.73 Å².